The van der Waals surface area contributed by atoms with Crippen molar-refractivity contribution in [3.8, 4) is 11.6 Å². The molecule has 31 heavy (non-hydrogen) atoms. The highest BCUT2D eigenvalue weighted by atomic mass is 19.2. The molecule has 0 spiro atoms. The third kappa shape index (κ3) is 3.63. The van der Waals surface area contributed by atoms with Crippen molar-refractivity contribution in [2.75, 3.05) is 7.11 Å². The lowest BCUT2D eigenvalue weighted by molar-refractivity contribution is 0.306. The molecule has 0 N–H and O–H groups in total. The standard InChI is InChI=1S/C24H23FN4O2/c1-5-19-17(12-16-7-9-18(31-4)10-8-16)13-21-23(20(19)6-2)26-14-28(24(21)30)22-11-15(3)29(25)27-22/h5-11,13-14H,12H2,1-4H3/b19-5-,20-6+. The largest absolute Gasteiger partial charge is 0.497 e. The van der Waals surface area contributed by atoms with Gasteiger partial charge in [-0.05, 0) is 61.7 Å². The van der Waals surface area contributed by atoms with Crippen LogP contribution in [0.15, 0.2) is 47.5 Å². The maximum Gasteiger partial charge on any atom is 0.267 e. The van der Waals surface area contributed by atoms with Crippen LogP contribution in [0, 0.1) is 6.92 Å². The van der Waals surface area contributed by atoms with Crippen molar-refractivity contribution in [2.45, 2.75) is 27.2 Å². The van der Waals surface area contributed by atoms with Gasteiger partial charge < -0.3 is 4.74 Å². The predicted octanol–water partition coefficient (Wildman–Crippen LogP) is 2.82. The summed E-state index contributed by atoms with van der Waals surface area (Å²) in [7, 11) is 1.64. The molecule has 0 radical (unpaired) electrons. The zero-order valence-corrected chi connectivity index (χ0v) is 17.9. The summed E-state index contributed by atoms with van der Waals surface area (Å²) in [5.74, 6) is 0.992. The molecule has 2 heterocycles. The van der Waals surface area contributed by atoms with Gasteiger partial charge in [-0.15, -0.1) is 5.10 Å². The Morgan fingerprint density at radius 3 is 2.39 bits per heavy atom. The van der Waals surface area contributed by atoms with Crippen LogP contribution in [0.5, 0.6) is 5.75 Å². The minimum atomic E-state index is -0.287. The minimum Gasteiger partial charge on any atom is -0.497 e. The SMILES string of the molecule is C/C=c1/c(Cc2ccc(OC)cc2)cc2c(=O)n(-c3cc(C)n(F)n3)cnc2/c1=C/C. The second kappa shape index (κ2) is 8.18. The van der Waals surface area contributed by atoms with Crippen molar-refractivity contribution in [2.24, 2.45) is 0 Å². The fourth-order valence-corrected chi connectivity index (χ4v) is 3.83. The molecule has 7 heteroatoms. The van der Waals surface area contributed by atoms with Gasteiger partial charge in [0, 0.05) is 11.3 Å². The number of fused-ring (bicyclic) bond motifs is 1. The van der Waals surface area contributed by atoms with Crippen molar-refractivity contribution in [3.05, 3.63) is 80.3 Å². The molecule has 0 aliphatic carbocycles. The van der Waals surface area contributed by atoms with Crippen molar-refractivity contribution in [3.63, 3.8) is 0 Å². The zero-order chi connectivity index (χ0) is 22.1. The lowest BCUT2D eigenvalue weighted by Crippen LogP contribution is -2.33. The number of benzene rings is 2. The molecule has 0 saturated carbocycles. The van der Waals surface area contributed by atoms with E-state index in [0.717, 1.165) is 27.3 Å². The van der Waals surface area contributed by atoms with Gasteiger partial charge in [-0.2, -0.15) is 0 Å². The number of aryl methyl sites for hydroxylation is 1. The van der Waals surface area contributed by atoms with E-state index in [1.807, 2.05) is 56.3 Å². The smallest absolute Gasteiger partial charge is 0.267 e. The molecule has 2 aromatic carbocycles. The number of aromatic nitrogens is 4. The van der Waals surface area contributed by atoms with Crippen LogP contribution in [0.2, 0.25) is 0 Å². The summed E-state index contributed by atoms with van der Waals surface area (Å²) in [5.41, 5.74) is 2.75. The number of hydrogen-bond acceptors (Lipinski definition) is 4. The van der Waals surface area contributed by atoms with Crippen LogP contribution in [0.25, 0.3) is 28.9 Å². The first-order valence-electron chi connectivity index (χ1n) is 9.99. The molecule has 0 saturated heterocycles. The van der Waals surface area contributed by atoms with Gasteiger partial charge >= 0.3 is 0 Å². The molecule has 2 aromatic heterocycles. The molecule has 0 atom stereocenters. The topological polar surface area (TPSA) is 61.9 Å². The molecule has 4 rings (SSSR count). The van der Waals surface area contributed by atoms with Crippen molar-refractivity contribution in [1.82, 2.24) is 19.6 Å². The maximum absolute atomic E-state index is 13.7. The van der Waals surface area contributed by atoms with Crippen LogP contribution < -0.4 is 20.7 Å². The fraction of sp³-hybridized carbons (Fsp3) is 0.208. The molecule has 0 aliphatic heterocycles. The van der Waals surface area contributed by atoms with E-state index in [1.54, 1.807) is 14.0 Å². The quantitative estimate of drug-likeness (QED) is 0.511. The summed E-state index contributed by atoms with van der Waals surface area (Å²) >= 11 is 0. The van der Waals surface area contributed by atoms with E-state index in [1.165, 1.54) is 17.0 Å². The van der Waals surface area contributed by atoms with Gasteiger partial charge in [-0.3, -0.25) is 4.79 Å². The first-order valence-corrected chi connectivity index (χ1v) is 9.99. The molecule has 4 aromatic rings. The Hall–Kier alpha value is -3.74. The molecular formula is C24H23FN4O2. The van der Waals surface area contributed by atoms with Crippen LogP contribution in [-0.2, 0) is 6.42 Å². The third-order valence-electron chi connectivity index (χ3n) is 5.41. The first-order chi connectivity index (χ1) is 15.0. The van der Waals surface area contributed by atoms with Crippen LogP contribution in [0.1, 0.15) is 30.7 Å². The molecular weight excluding hydrogens is 395 g/mol. The Morgan fingerprint density at radius 2 is 1.81 bits per heavy atom. The van der Waals surface area contributed by atoms with E-state index in [2.05, 4.69) is 10.1 Å². The molecule has 0 fully saturated rings. The zero-order valence-electron chi connectivity index (χ0n) is 17.9. The first kappa shape index (κ1) is 20.5. The highest BCUT2D eigenvalue weighted by Crippen LogP contribution is 2.15. The Labute approximate surface area is 178 Å². The van der Waals surface area contributed by atoms with E-state index >= 15 is 0 Å². The van der Waals surface area contributed by atoms with Crippen LogP contribution in [0.4, 0.5) is 4.48 Å². The Kier molecular flexibility index (Phi) is 5.42. The predicted molar refractivity (Wildman–Crippen MR) is 120 cm³/mol. The van der Waals surface area contributed by atoms with Gasteiger partial charge in [0.1, 0.15) is 12.1 Å². The van der Waals surface area contributed by atoms with E-state index in [4.69, 9.17) is 4.74 Å². The third-order valence-corrected chi connectivity index (χ3v) is 5.41. The van der Waals surface area contributed by atoms with Gasteiger partial charge in [0.25, 0.3) is 5.56 Å². The Morgan fingerprint density at radius 1 is 1.10 bits per heavy atom. The fourth-order valence-electron chi connectivity index (χ4n) is 3.83. The highest BCUT2D eigenvalue weighted by molar-refractivity contribution is 5.80. The Bertz CT molecular complexity index is 1430. The monoisotopic (exact) mass is 418 g/mol. The van der Waals surface area contributed by atoms with E-state index in [-0.39, 0.29) is 16.3 Å². The Balaban J connectivity index is 1.95. The number of ether oxygens (including phenoxy) is 1. The highest BCUT2D eigenvalue weighted by Gasteiger charge is 2.13. The van der Waals surface area contributed by atoms with Crippen LogP contribution >= 0.6 is 0 Å². The number of rotatable bonds is 4. The summed E-state index contributed by atoms with van der Waals surface area (Å²) < 4.78 is 20.2. The average molecular weight is 418 g/mol. The van der Waals surface area contributed by atoms with Gasteiger partial charge in [0.15, 0.2) is 5.82 Å². The second-order valence-corrected chi connectivity index (χ2v) is 7.29. The molecule has 0 aliphatic rings. The maximum atomic E-state index is 13.7. The van der Waals surface area contributed by atoms with E-state index in [0.29, 0.717) is 23.0 Å². The molecule has 0 bridgehead atoms. The van der Waals surface area contributed by atoms with Gasteiger partial charge in [-0.1, -0.05) is 33.7 Å². The summed E-state index contributed by atoms with van der Waals surface area (Å²) in [6.07, 6.45) is 6.05. The summed E-state index contributed by atoms with van der Waals surface area (Å²) in [6, 6.07) is 11.2. The molecule has 158 valence electrons. The minimum absolute atomic E-state index is 0.198. The molecule has 6 nitrogen and oxygen atoms in total. The number of halogens is 1. The second-order valence-electron chi connectivity index (χ2n) is 7.29. The number of nitrogens with zero attached hydrogens (tertiary/aromatic N) is 4. The van der Waals surface area contributed by atoms with Crippen molar-refractivity contribution in [1.29, 1.82) is 0 Å². The van der Waals surface area contributed by atoms with Gasteiger partial charge in [0.2, 0.25) is 0 Å². The number of hydrogen-bond donors (Lipinski definition) is 0. The lowest BCUT2D eigenvalue weighted by atomic mass is 9.98. The van der Waals surface area contributed by atoms with E-state index < -0.39 is 0 Å². The van der Waals surface area contributed by atoms with Crippen LogP contribution in [0.3, 0.4) is 0 Å². The normalized spacial score (nSPS) is 12.7. The van der Waals surface area contributed by atoms with Gasteiger partial charge in [-0.25, -0.2) is 9.55 Å². The number of methoxy groups -OCH3 is 1. The summed E-state index contributed by atoms with van der Waals surface area (Å²) in [4.78, 5) is 18.1. The van der Waals surface area contributed by atoms with Crippen LogP contribution in [-0.4, -0.2) is 26.7 Å². The molecule has 0 amide bonds. The lowest BCUT2D eigenvalue weighted by Gasteiger charge is -2.10. The van der Waals surface area contributed by atoms with Crippen molar-refractivity contribution < 1.29 is 9.22 Å². The van der Waals surface area contributed by atoms with Gasteiger partial charge in [0.05, 0.1) is 23.7 Å². The molecule has 0 unspecified atom stereocenters. The summed E-state index contributed by atoms with van der Waals surface area (Å²) in [5, 5.41) is 6.19. The van der Waals surface area contributed by atoms with E-state index in [9.17, 15) is 9.28 Å². The van der Waals surface area contributed by atoms with Crippen molar-refractivity contribution >= 4 is 23.1 Å². The summed E-state index contributed by atoms with van der Waals surface area (Å²) in [6.45, 7) is 5.49. The average Bonchev–Trinajstić information content (AvgIpc) is 3.11.